The Morgan fingerprint density at radius 2 is 1.71 bits per heavy atom. The number of ether oxygens (including phenoxy) is 1. The number of hydrogen-bond acceptors (Lipinski definition) is 6. The highest BCUT2D eigenvalue weighted by Gasteiger charge is 2.29. The molecule has 0 spiro atoms. The lowest BCUT2D eigenvalue weighted by Gasteiger charge is -2.32. The summed E-state index contributed by atoms with van der Waals surface area (Å²) in [4.78, 5) is 18.0. The Morgan fingerprint density at radius 1 is 1.06 bits per heavy atom. The van der Waals surface area contributed by atoms with Crippen molar-refractivity contribution in [3.63, 3.8) is 0 Å². The fraction of sp³-hybridized carbons (Fsp3) is 0.500. The van der Waals surface area contributed by atoms with Gasteiger partial charge in [-0.15, -0.1) is 0 Å². The van der Waals surface area contributed by atoms with E-state index in [-0.39, 0.29) is 17.2 Å². The van der Waals surface area contributed by atoms with Gasteiger partial charge in [-0.2, -0.15) is 4.72 Å². The van der Waals surface area contributed by atoms with E-state index in [1.165, 1.54) is 0 Å². The normalized spacial score (nSPS) is 16.1. The molecule has 1 fully saturated rings. The number of nitrogens with one attached hydrogen (secondary N) is 2. The summed E-state index contributed by atoms with van der Waals surface area (Å²) in [5.74, 6) is 0.313. The Hall–Kier alpha value is -2.46. The van der Waals surface area contributed by atoms with Crippen LogP contribution in [0.25, 0.3) is 0 Å². The SMILES string of the molecule is COc1cc(C)c(S(=O)(=O)N[C@@H](Cc2ccccc2)C(=O)NCCN2CCN(C)CC2)c(C)c1C. The minimum Gasteiger partial charge on any atom is -0.496 e. The summed E-state index contributed by atoms with van der Waals surface area (Å²) in [7, 11) is -0.298. The van der Waals surface area contributed by atoms with Gasteiger partial charge >= 0.3 is 0 Å². The second kappa shape index (κ2) is 12.0. The average Bonchev–Trinajstić information content (AvgIpc) is 2.82. The maximum absolute atomic E-state index is 13.5. The summed E-state index contributed by atoms with van der Waals surface area (Å²) in [5.41, 5.74) is 2.83. The molecule has 0 saturated carbocycles. The van der Waals surface area contributed by atoms with E-state index >= 15 is 0 Å². The number of carbonyl (C=O) groups excluding carboxylic acids is 1. The molecule has 2 aromatic carbocycles. The molecule has 1 atom stereocenters. The smallest absolute Gasteiger partial charge is 0.241 e. The molecule has 0 radical (unpaired) electrons. The molecule has 0 aromatic heterocycles. The van der Waals surface area contributed by atoms with E-state index in [1.54, 1.807) is 27.0 Å². The molecular weight excluding hydrogens is 464 g/mol. The number of amides is 1. The number of sulfonamides is 1. The van der Waals surface area contributed by atoms with Crippen LogP contribution in [0, 0.1) is 20.8 Å². The van der Waals surface area contributed by atoms with Crippen molar-refractivity contribution in [2.45, 2.75) is 38.1 Å². The van der Waals surface area contributed by atoms with Crippen molar-refractivity contribution in [3.8, 4) is 5.75 Å². The first-order valence-corrected chi connectivity index (χ1v) is 13.5. The van der Waals surface area contributed by atoms with Crippen LogP contribution in [0.2, 0.25) is 0 Å². The second-order valence-electron chi connectivity index (χ2n) is 9.27. The van der Waals surface area contributed by atoms with E-state index in [0.717, 1.165) is 43.9 Å². The zero-order valence-corrected chi connectivity index (χ0v) is 22.2. The summed E-state index contributed by atoms with van der Waals surface area (Å²) in [6.07, 6.45) is 0.258. The van der Waals surface area contributed by atoms with Gasteiger partial charge in [-0.1, -0.05) is 30.3 Å². The number of carbonyl (C=O) groups is 1. The summed E-state index contributed by atoms with van der Waals surface area (Å²) < 4.78 is 35.2. The molecule has 0 unspecified atom stereocenters. The van der Waals surface area contributed by atoms with Gasteiger partial charge in [-0.05, 0) is 62.6 Å². The molecule has 0 aliphatic carbocycles. The van der Waals surface area contributed by atoms with Crippen LogP contribution < -0.4 is 14.8 Å². The van der Waals surface area contributed by atoms with Crippen molar-refractivity contribution in [3.05, 3.63) is 58.7 Å². The zero-order valence-electron chi connectivity index (χ0n) is 21.4. The number of benzene rings is 2. The van der Waals surface area contributed by atoms with E-state index < -0.39 is 16.1 Å². The molecular formula is C26H38N4O4S. The van der Waals surface area contributed by atoms with Gasteiger partial charge in [0, 0.05) is 39.3 Å². The molecule has 192 valence electrons. The Balaban J connectivity index is 1.78. The highest BCUT2D eigenvalue weighted by molar-refractivity contribution is 7.89. The maximum atomic E-state index is 13.5. The van der Waals surface area contributed by atoms with Crippen molar-refractivity contribution in [2.24, 2.45) is 0 Å². The minimum absolute atomic E-state index is 0.194. The predicted octanol–water partition coefficient (Wildman–Crippen LogP) is 1.87. The van der Waals surface area contributed by atoms with Crippen molar-refractivity contribution in [2.75, 3.05) is 53.4 Å². The van der Waals surface area contributed by atoms with Crippen LogP contribution in [0.4, 0.5) is 0 Å². The topological polar surface area (TPSA) is 91.0 Å². The summed E-state index contributed by atoms with van der Waals surface area (Å²) in [6.45, 7) is 10.5. The van der Waals surface area contributed by atoms with Gasteiger partial charge < -0.3 is 15.0 Å². The largest absolute Gasteiger partial charge is 0.496 e. The van der Waals surface area contributed by atoms with E-state index in [4.69, 9.17) is 4.74 Å². The van der Waals surface area contributed by atoms with Crippen LogP contribution in [0.15, 0.2) is 41.3 Å². The number of methoxy groups -OCH3 is 1. The number of rotatable bonds is 10. The lowest BCUT2D eigenvalue weighted by Crippen LogP contribution is -2.51. The van der Waals surface area contributed by atoms with E-state index in [2.05, 4.69) is 26.9 Å². The van der Waals surface area contributed by atoms with Crippen molar-refractivity contribution < 1.29 is 17.9 Å². The van der Waals surface area contributed by atoms with Gasteiger partial charge in [0.25, 0.3) is 0 Å². The zero-order chi connectivity index (χ0) is 25.6. The number of hydrogen-bond donors (Lipinski definition) is 2. The molecule has 1 aliphatic heterocycles. The number of nitrogens with zero attached hydrogens (tertiary/aromatic N) is 2. The number of aryl methyl sites for hydroxylation is 1. The monoisotopic (exact) mass is 502 g/mol. The Labute approximate surface area is 209 Å². The molecule has 1 amide bonds. The highest BCUT2D eigenvalue weighted by Crippen LogP contribution is 2.30. The first-order valence-electron chi connectivity index (χ1n) is 12.0. The Morgan fingerprint density at radius 3 is 2.34 bits per heavy atom. The van der Waals surface area contributed by atoms with Gasteiger partial charge in [0.15, 0.2) is 0 Å². The van der Waals surface area contributed by atoms with Gasteiger partial charge in [-0.25, -0.2) is 8.42 Å². The predicted molar refractivity (Wildman–Crippen MR) is 138 cm³/mol. The third-order valence-electron chi connectivity index (χ3n) is 6.69. The fourth-order valence-corrected chi connectivity index (χ4v) is 6.18. The van der Waals surface area contributed by atoms with Crippen LogP contribution >= 0.6 is 0 Å². The van der Waals surface area contributed by atoms with Gasteiger partial charge in [0.2, 0.25) is 15.9 Å². The van der Waals surface area contributed by atoms with Gasteiger partial charge in [0.1, 0.15) is 11.8 Å². The summed E-state index contributed by atoms with van der Waals surface area (Å²) in [6, 6.07) is 10.2. The van der Waals surface area contributed by atoms with Crippen molar-refractivity contribution >= 4 is 15.9 Å². The van der Waals surface area contributed by atoms with Crippen molar-refractivity contribution in [1.29, 1.82) is 0 Å². The molecule has 9 heteroatoms. The Kier molecular flexibility index (Phi) is 9.29. The molecule has 2 N–H and O–H groups in total. The standard InChI is InChI=1S/C26H38N4O4S/c1-19-17-24(34-5)20(2)21(3)25(19)35(32,33)28-23(18-22-9-7-6-8-10-22)26(31)27-11-12-30-15-13-29(4)14-16-30/h6-10,17,23,28H,11-16,18H2,1-5H3,(H,27,31)/t23-/m0/s1. The highest BCUT2D eigenvalue weighted by atomic mass is 32.2. The molecule has 3 rings (SSSR count). The van der Waals surface area contributed by atoms with Gasteiger partial charge in [0.05, 0.1) is 12.0 Å². The Bertz CT molecular complexity index is 1110. The third kappa shape index (κ3) is 7.04. The van der Waals surface area contributed by atoms with E-state index in [0.29, 0.717) is 23.4 Å². The molecule has 8 nitrogen and oxygen atoms in total. The van der Waals surface area contributed by atoms with Crippen LogP contribution in [0.3, 0.4) is 0 Å². The molecule has 2 aromatic rings. The van der Waals surface area contributed by atoms with Gasteiger partial charge in [-0.3, -0.25) is 9.69 Å². The first-order chi connectivity index (χ1) is 16.6. The lowest BCUT2D eigenvalue weighted by molar-refractivity contribution is -0.122. The number of likely N-dealkylation sites (N-methyl/N-ethyl adjacent to an activating group) is 1. The average molecular weight is 503 g/mol. The minimum atomic E-state index is -3.97. The van der Waals surface area contributed by atoms with Crippen LogP contribution in [-0.4, -0.2) is 83.6 Å². The van der Waals surface area contributed by atoms with Crippen LogP contribution in [0.5, 0.6) is 5.75 Å². The van der Waals surface area contributed by atoms with E-state index in [9.17, 15) is 13.2 Å². The summed E-state index contributed by atoms with van der Waals surface area (Å²) >= 11 is 0. The third-order valence-corrected chi connectivity index (χ3v) is 8.45. The molecule has 1 aliphatic rings. The molecule has 1 heterocycles. The molecule has 1 saturated heterocycles. The lowest BCUT2D eigenvalue weighted by atomic mass is 10.1. The first kappa shape index (κ1) is 27.1. The van der Waals surface area contributed by atoms with Crippen LogP contribution in [-0.2, 0) is 21.2 Å². The summed E-state index contributed by atoms with van der Waals surface area (Å²) in [5, 5.41) is 2.95. The van der Waals surface area contributed by atoms with Crippen LogP contribution in [0.1, 0.15) is 22.3 Å². The second-order valence-corrected chi connectivity index (χ2v) is 10.9. The van der Waals surface area contributed by atoms with E-state index in [1.807, 2.05) is 37.3 Å². The fourth-order valence-electron chi connectivity index (χ4n) is 4.46. The number of piperazine rings is 1. The molecule has 0 bridgehead atoms. The quantitative estimate of drug-likeness (QED) is 0.516. The molecule has 35 heavy (non-hydrogen) atoms. The van der Waals surface area contributed by atoms with Crippen molar-refractivity contribution in [1.82, 2.24) is 19.8 Å². The maximum Gasteiger partial charge on any atom is 0.241 e.